The number of benzene rings is 2. The smallest absolute Gasteiger partial charge is 0.407 e. The highest BCUT2D eigenvalue weighted by molar-refractivity contribution is 6.85. The number of nitrogens with zero attached hydrogens (tertiary/aromatic N) is 6. The molecule has 2 aromatic carbocycles. The van der Waals surface area contributed by atoms with Gasteiger partial charge in [0.15, 0.2) is 6.33 Å². The first-order valence-corrected chi connectivity index (χ1v) is 48.1. The van der Waals surface area contributed by atoms with Crippen LogP contribution in [0, 0.1) is 52.8 Å². The number of ketones is 1. The number of nitrogens with one attached hydrogen (secondary N) is 2. The maximum absolute atomic E-state index is 11.5. The van der Waals surface area contributed by atoms with Crippen LogP contribution < -0.4 is 16.4 Å². The zero-order valence-corrected chi connectivity index (χ0v) is 71.5. The Morgan fingerprint density at radius 2 is 0.991 bits per heavy atom. The fourth-order valence-corrected chi connectivity index (χ4v) is 19.8. The lowest BCUT2D eigenvalue weighted by atomic mass is 9.98. The normalized spacial score (nSPS) is 21.1. The molecule has 0 bridgehead atoms. The highest BCUT2D eigenvalue weighted by Crippen LogP contribution is 2.60. The fourth-order valence-electron chi connectivity index (χ4n) is 12.0. The number of aliphatic hydroxyl groups is 7. The van der Waals surface area contributed by atoms with Crippen molar-refractivity contribution in [3.8, 4) is 11.4 Å². The average Bonchev–Trinajstić information content (AvgIpc) is 1.54. The van der Waals surface area contributed by atoms with Crippen LogP contribution in [0.5, 0.6) is 0 Å². The molecule has 1 aliphatic heterocycles. The van der Waals surface area contributed by atoms with E-state index in [1.807, 2.05) is 121 Å². The van der Waals surface area contributed by atoms with Crippen LogP contribution in [0.4, 0.5) is 9.59 Å². The lowest BCUT2D eigenvalue weighted by Gasteiger charge is -2.12. The number of rotatable bonds is 26. The van der Waals surface area contributed by atoms with Gasteiger partial charge in [0.05, 0.1) is 113 Å². The van der Waals surface area contributed by atoms with Gasteiger partial charge in [-0.15, -0.1) is 20.4 Å². The van der Waals surface area contributed by atoms with Gasteiger partial charge < -0.3 is 71.1 Å². The molecule has 8 aliphatic rings. The summed E-state index contributed by atoms with van der Waals surface area (Å²) < 4.78 is 20.1. The molecule has 9 atom stereocenters. The summed E-state index contributed by atoms with van der Waals surface area (Å²) in [4.78, 5) is 66.3. The quantitative estimate of drug-likeness (QED) is 0.0117. The Morgan fingerprint density at radius 3 is 1.30 bits per heavy atom. The van der Waals surface area contributed by atoms with Crippen LogP contribution in [0.2, 0.25) is 58.9 Å². The molecule has 26 nitrogen and oxygen atoms in total. The van der Waals surface area contributed by atoms with E-state index in [4.69, 9.17) is 72.0 Å². The second kappa shape index (κ2) is 47.7. The van der Waals surface area contributed by atoms with Gasteiger partial charge in [0.2, 0.25) is 11.1 Å². The Morgan fingerprint density at radius 1 is 0.569 bits per heavy atom. The predicted octanol–water partition coefficient (Wildman–Crippen LogP) is 10.4. The Bertz CT molecular complexity index is 3640. The van der Waals surface area contributed by atoms with Gasteiger partial charge in [0, 0.05) is 73.5 Å². The number of allylic oxidation sites excluding steroid dienone is 4. The van der Waals surface area contributed by atoms with E-state index >= 15 is 0 Å². The summed E-state index contributed by atoms with van der Waals surface area (Å²) in [5.41, 5.74) is 16.5. The maximum atomic E-state index is 11.5. The summed E-state index contributed by atoms with van der Waals surface area (Å²) in [5, 5.41) is 92.4. The van der Waals surface area contributed by atoms with Gasteiger partial charge >= 0.3 is 24.1 Å². The van der Waals surface area contributed by atoms with Crippen molar-refractivity contribution in [2.24, 2.45) is 68.7 Å². The third kappa shape index (κ3) is 33.6. The maximum Gasteiger partial charge on any atom is 0.407 e. The zero-order chi connectivity index (χ0) is 82.7. The topological polar surface area (TPSA) is 407 Å². The molecule has 606 valence electrons. The van der Waals surface area contributed by atoms with E-state index in [1.54, 1.807) is 5.20 Å². The molecule has 30 heteroatoms. The molecule has 3 aromatic rings. The minimum absolute atomic E-state index is 0.00543. The minimum Gasteiger partial charge on any atom is -0.465 e. The number of ether oxygens (including phenoxy) is 4. The summed E-state index contributed by atoms with van der Waals surface area (Å²) in [5.74, 6) is 1.97. The number of fused-ring (bicyclic) bond motifs is 1. The number of nitrogens with two attached hydrogens (primary N) is 1. The number of aromatic nitrogens is 4. The van der Waals surface area contributed by atoms with E-state index in [0.29, 0.717) is 63.5 Å². The first-order chi connectivity index (χ1) is 51.4. The van der Waals surface area contributed by atoms with Crippen molar-refractivity contribution >= 4 is 82.9 Å². The summed E-state index contributed by atoms with van der Waals surface area (Å²) in [6.45, 7) is 45.4. The zero-order valence-electron chi connectivity index (χ0n) is 67.8. The molecule has 0 radical (unpaired) electrons. The SMILES string of the molecule is CC.CC12C=NN=C(c3ccc(CO)cc3)C1C2COC(=O)NCCO.CC1=C([Si](C)(C)C)C1CO.CC1=CC1C(=O)CCCO.CC1=CC1C(=O)Cl.CC1=CC1COC(=O)NCCO.CCOC(=O)C1C(C)=C1[Si](C)(C)C.CCOC(=O)C1C(C)=C1[Si](C)(C)C.NCCO.OCc1ccc(-c2nncnn2)cc1. The summed E-state index contributed by atoms with van der Waals surface area (Å²) >= 11 is 5.08. The Kier molecular flexibility index (Phi) is 42.8. The van der Waals surface area contributed by atoms with E-state index in [2.05, 4.69) is 128 Å². The third-order valence-electron chi connectivity index (χ3n) is 18.2. The van der Waals surface area contributed by atoms with Crippen LogP contribution in [0.3, 0.4) is 0 Å². The number of hydrogen-bond donors (Lipinski definition) is 10. The number of amides is 2. The number of alkyl carbamates (subject to hydrolysis) is 2. The first-order valence-electron chi connectivity index (χ1n) is 37.2. The highest BCUT2D eigenvalue weighted by atomic mass is 35.5. The van der Waals surface area contributed by atoms with Crippen molar-refractivity contribution in [2.45, 2.75) is 161 Å². The number of Topliss-reactive ketones (excluding diaryl/α,β-unsaturated/α-hetero) is 1. The lowest BCUT2D eigenvalue weighted by molar-refractivity contribution is -0.145. The van der Waals surface area contributed by atoms with Gasteiger partial charge in [0.1, 0.15) is 12.4 Å². The van der Waals surface area contributed by atoms with Gasteiger partial charge in [-0.3, -0.25) is 19.2 Å². The fraction of sp³-hybridized carbons (Fsp3) is 0.570. The van der Waals surface area contributed by atoms with Gasteiger partial charge in [-0.05, 0) is 90.1 Å². The molecule has 0 saturated heterocycles. The number of halogens is 1. The largest absolute Gasteiger partial charge is 0.465 e. The monoisotopic (exact) mass is 1590 g/mol. The number of carbonyl (C=O) groups is 6. The first kappa shape index (κ1) is 97.7. The van der Waals surface area contributed by atoms with Crippen LogP contribution >= 0.6 is 11.6 Å². The Balaban J connectivity index is 0.000000428. The second-order valence-electron chi connectivity index (χ2n) is 29.8. The van der Waals surface area contributed by atoms with Crippen molar-refractivity contribution in [3.05, 3.63) is 139 Å². The molecule has 2 amide bonds. The molecule has 1 aromatic heterocycles. The van der Waals surface area contributed by atoms with Crippen LogP contribution in [0.1, 0.15) is 106 Å². The highest BCUT2D eigenvalue weighted by Gasteiger charge is 2.64. The second-order valence-corrected chi connectivity index (χ2v) is 45.3. The molecule has 1 saturated carbocycles. The summed E-state index contributed by atoms with van der Waals surface area (Å²) in [6, 6.07) is 14.9. The number of aliphatic hydroxyl groups excluding tert-OH is 7. The van der Waals surface area contributed by atoms with Crippen molar-refractivity contribution < 1.29 is 83.5 Å². The van der Waals surface area contributed by atoms with Crippen molar-refractivity contribution in [1.82, 2.24) is 31.0 Å². The van der Waals surface area contributed by atoms with Gasteiger partial charge in [0.25, 0.3) is 0 Å². The van der Waals surface area contributed by atoms with Gasteiger partial charge in [-0.25, -0.2) is 9.59 Å². The molecular weight excluding hydrogens is 1470 g/mol. The van der Waals surface area contributed by atoms with E-state index in [9.17, 15) is 28.8 Å². The van der Waals surface area contributed by atoms with Crippen molar-refractivity contribution in [1.29, 1.82) is 0 Å². The van der Waals surface area contributed by atoms with Gasteiger partial charge in [-0.2, -0.15) is 10.2 Å². The molecule has 109 heavy (non-hydrogen) atoms. The molecule has 11 rings (SSSR count). The Labute approximate surface area is 653 Å². The van der Waals surface area contributed by atoms with E-state index in [0.717, 1.165) is 33.5 Å². The number of carbonyl (C=O) groups excluding carboxylic acids is 6. The molecule has 1 fully saturated rings. The third-order valence-corrected chi connectivity index (χ3v) is 25.4. The predicted molar refractivity (Wildman–Crippen MR) is 435 cm³/mol. The van der Waals surface area contributed by atoms with Crippen LogP contribution in [-0.2, 0) is 51.3 Å². The van der Waals surface area contributed by atoms with Crippen molar-refractivity contribution in [2.75, 3.05) is 79.1 Å². The minimum atomic E-state index is -1.26. The standard InChI is InChI=1S/C17H21N3O4.2C10H18O2Si.C9H8N4O.C8H13NO3.C8H12O2.C8H16OSi.C5H5ClO.C2H7NO.C2H6/c1-17-10-19-20-15(12-4-2-11(8-22)3-5-12)14(17)13(17)9-24-16(23)18-6-7-21;2*1-6-12-10(11)8-7(2)9(8)13(3,4)5;14-5-7-1-3-8(4-2-7)9-12-10-6-11-13-9;1-6-4-7(6)5-12-8(11)9-2-3-10;1-6-5-7(6)8(10)3-2-4-9;1-6-7(5-9)8(6)10(2,3)4;1-3-2-4(3)5(6)7;3-1-2-4;1-2/h2-5,10,13-14,21-22H,6-9H2,1H3,(H,18,23);2*8H,6H2,1-5H3;1-4,6,14H,5H2;4,7,10H,2-3,5H2,1H3,(H,9,11);5,7,9H,2-4H2,1H3;7,9H,5H2,1-4H3;2,4H,1H3;4H,1-3H2;1-2H3. The number of hydrogen-bond acceptors (Lipinski definition) is 24. The molecule has 11 N–H and O–H groups in total. The Hall–Kier alpha value is -7.40. The van der Waals surface area contributed by atoms with E-state index in [1.165, 1.54) is 44.6 Å². The molecule has 0 spiro atoms. The average molecular weight is 1590 g/mol. The van der Waals surface area contributed by atoms with Gasteiger partial charge in [-0.1, -0.05) is 195 Å². The van der Waals surface area contributed by atoms with Crippen molar-refractivity contribution in [3.63, 3.8) is 0 Å². The summed E-state index contributed by atoms with van der Waals surface area (Å²) in [6.07, 6.45) is 9.09. The van der Waals surface area contributed by atoms with E-state index in [-0.39, 0.29) is 123 Å². The lowest BCUT2D eigenvalue weighted by Crippen LogP contribution is -2.28. The van der Waals surface area contributed by atoms with E-state index < -0.39 is 36.4 Å². The molecule has 9 unspecified atom stereocenters. The molecule has 2 heterocycles. The molecular formula is C79H124ClN9O17Si3. The van der Waals surface area contributed by atoms with Crippen LogP contribution in [0.25, 0.3) is 11.4 Å². The summed E-state index contributed by atoms with van der Waals surface area (Å²) in [7, 11) is -3.58. The van der Waals surface area contributed by atoms with Crippen LogP contribution in [0.15, 0.2) is 132 Å². The molecule has 7 aliphatic carbocycles. The van der Waals surface area contributed by atoms with Crippen LogP contribution in [-0.4, -0.2) is 207 Å². The number of esters is 2.